The molecule has 0 aliphatic heterocycles. The molecule has 0 atom stereocenters. The molecule has 0 amide bonds. The second kappa shape index (κ2) is 9.48. The van der Waals surface area contributed by atoms with Crippen molar-refractivity contribution in [2.45, 2.75) is 26.4 Å². The maximum absolute atomic E-state index is 13.8. The molecule has 2 rings (SSSR count). The molecule has 5 nitrogen and oxygen atoms in total. The van der Waals surface area contributed by atoms with Crippen LogP contribution in [0.4, 0.5) is 4.39 Å². The Morgan fingerprint density at radius 1 is 1.32 bits per heavy atom. The Balaban J connectivity index is 1.83. The summed E-state index contributed by atoms with van der Waals surface area (Å²) in [6.07, 6.45) is 0.856. The number of aromatic nitrogens is 1. The molecule has 1 aromatic carbocycles. The Hall–Kier alpha value is -1.99. The standard InChI is InChI=1S/C18H26FN5S/c1-13-23-16(12-25-13)7-8-21-18(20-2)22-10-14-5-6-17(19)15(9-14)11-24(3)4/h5-6,9,12H,7-8,10-11H2,1-4H3,(H2,20,21,22). The van der Waals surface area contributed by atoms with Crippen molar-refractivity contribution in [3.05, 3.63) is 51.2 Å². The largest absolute Gasteiger partial charge is 0.356 e. The van der Waals surface area contributed by atoms with Gasteiger partial charge in [0.1, 0.15) is 5.82 Å². The van der Waals surface area contributed by atoms with Crippen molar-refractivity contribution in [1.29, 1.82) is 0 Å². The van der Waals surface area contributed by atoms with Crippen molar-refractivity contribution in [1.82, 2.24) is 20.5 Å². The average Bonchev–Trinajstić information content (AvgIpc) is 2.98. The van der Waals surface area contributed by atoms with Gasteiger partial charge in [-0.05, 0) is 38.7 Å². The normalized spacial score (nSPS) is 11.8. The molecule has 1 heterocycles. The van der Waals surface area contributed by atoms with Crippen molar-refractivity contribution < 1.29 is 4.39 Å². The monoisotopic (exact) mass is 363 g/mol. The first-order valence-corrected chi connectivity index (χ1v) is 9.13. The van der Waals surface area contributed by atoms with Crippen molar-refractivity contribution in [2.75, 3.05) is 27.7 Å². The topological polar surface area (TPSA) is 52.6 Å². The van der Waals surface area contributed by atoms with E-state index in [0.29, 0.717) is 18.7 Å². The number of hydrogen-bond donors (Lipinski definition) is 2. The quantitative estimate of drug-likeness (QED) is 0.586. The zero-order valence-electron chi connectivity index (χ0n) is 15.3. The number of rotatable bonds is 7. The Morgan fingerprint density at radius 2 is 2.12 bits per heavy atom. The molecule has 0 saturated carbocycles. The predicted molar refractivity (Wildman–Crippen MR) is 103 cm³/mol. The smallest absolute Gasteiger partial charge is 0.191 e. The highest BCUT2D eigenvalue weighted by Crippen LogP contribution is 2.12. The molecule has 1 aromatic heterocycles. The summed E-state index contributed by atoms with van der Waals surface area (Å²) in [4.78, 5) is 10.6. The Labute approximate surface area is 153 Å². The lowest BCUT2D eigenvalue weighted by Crippen LogP contribution is -2.37. The van der Waals surface area contributed by atoms with Crippen LogP contribution in [0.3, 0.4) is 0 Å². The summed E-state index contributed by atoms with van der Waals surface area (Å²) in [6, 6.07) is 5.22. The van der Waals surface area contributed by atoms with Gasteiger partial charge in [-0.1, -0.05) is 6.07 Å². The molecule has 0 aliphatic rings. The first kappa shape index (κ1) is 19.3. The fraction of sp³-hybridized carbons (Fsp3) is 0.444. The maximum Gasteiger partial charge on any atom is 0.191 e. The number of nitrogens with one attached hydrogen (secondary N) is 2. The molecule has 136 valence electrons. The van der Waals surface area contributed by atoms with Gasteiger partial charge in [0, 0.05) is 44.0 Å². The third-order valence-electron chi connectivity index (χ3n) is 3.62. The van der Waals surface area contributed by atoms with Gasteiger partial charge >= 0.3 is 0 Å². The van der Waals surface area contributed by atoms with Gasteiger partial charge in [-0.15, -0.1) is 11.3 Å². The number of hydrogen-bond acceptors (Lipinski definition) is 4. The van der Waals surface area contributed by atoms with Crippen molar-refractivity contribution in [2.24, 2.45) is 4.99 Å². The second-order valence-corrected chi connectivity index (χ2v) is 7.19. The molecule has 0 radical (unpaired) electrons. The molecule has 0 fully saturated rings. The SMILES string of the molecule is CN=C(NCCc1csc(C)n1)NCc1ccc(F)c(CN(C)C)c1. The number of halogens is 1. The molecule has 2 N–H and O–H groups in total. The van der Waals surface area contributed by atoms with Crippen LogP contribution in [0.5, 0.6) is 0 Å². The molecular weight excluding hydrogens is 337 g/mol. The number of aryl methyl sites for hydroxylation is 1. The van der Waals surface area contributed by atoms with E-state index in [1.807, 2.05) is 32.0 Å². The van der Waals surface area contributed by atoms with Gasteiger partial charge in [-0.3, -0.25) is 4.99 Å². The summed E-state index contributed by atoms with van der Waals surface area (Å²) >= 11 is 1.66. The van der Waals surface area contributed by atoms with Gasteiger partial charge in [0.15, 0.2) is 5.96 Å². The van der Waals surface area contributed by atoms with Crippen LogP contribution in [0, 0.1) is 12.7 Å². The summed E-state index contributed by atoms with van der Waals surface area (Å²) in [6.45, 7) is 3.95. The van der Waals surface area contributed by atoms with Crippen molar-refractivity contribution in [3.8, 4) is 0 Å². The lowest BCUT2D eigenvalue weighted by molar-refractivity contribution is 0.392. The summed E-state index contributed by atoms with van der Waals surface area (Å²) in [5.74, 6) is 0.559. The minimum Gasteiger partial charge on any atom is -0.356 e. The summed E-state index contributed by atoms with van der Waals surface area (Å²) in [7, 11) is 5.60. The Morgan fingerprint density at radius 3 is 2.76 bits per heavy atom. The van der Waals surface area contributed by atoms with E-state index in [1.165, 1.54) is 6.07 Å². The molecular formula is C18H26FN5S. The van der Waals surface area contributed by atoms with Crippen LogP contribution in [0.25, 0.3) is 0 Å². The zero-order valence-corrected chi connectivity index (χ0v) is 16.1. The first-order chi connectivity index (χ1) is 12.0. The number of benzene rings is 1. The van der Waals surface area contributed by atoms with E-state index in [9.17, 15) is 4.39 Å². The maximum atomic E-state index is 13.8. The molecule has 0 bridgehead atoms. The molecule has 0 saturated heterocycles. The van der Waals surface area contributed by atoms with E-state index in [1.54, 1.807) is 24.5 Å². The number of nitrogens with zero attached hydrogens (tertiary/aromatic N) is 3. The van der Waals surface area contributed by atoms with Gasteiger partial charge < -0.3 is 15.5 Å². The number of thiazole rings is 1. The summed E-state index contributed by atoms with van der Waals surface area (Å²) in [5.41, 5.74) is 2.82. The van der Waals surface area contributed by atoms with Crippen LogP contribution in [-0.2, 0) is 19.5 Å². The zero-order chi connectivity index (χ0) is 18.2. The molecule has 0 unspecified atom stereocenters. The van der Waals surface area contributed by atoms with Crippen LogP contribution < -0.4 is 10.6 Å². The number of guanidine groups is 1. The van der Waals surface area contributed by atoms with Gasteiger partial charge in [0.25, 0.3) is 0 Å². The van der Waals surface area contributed by atoms with E-state index in [4.69, 9.17) is 0 Å². The van der Waals surface area contributed by atoms with E-state index in [-0.39, 0.29) is 5.82 Å². The average molecular weight is 364 g/mol. The highest BCUT2D eigenvalue weighted by Gasteiger charge is 2.06. The summed E-state index contributed by atoms with van der Waals surface area (Å²) < 4.78 is 13.8. The van der Waals surface area contributed by atoms with E-state index in [0.717, 1.165) is 35.2 Å². The van der Waals surface area contributed by atoms with Gasteiger partial charge in [0.05, 0.1) is 10.7 Å². The van der Waals surface area contributed by atoms with Crippen LogP contribution in [0.15, 0.2) is 28.6 Å². The molecule has 0 spiro atoms. The van der Waals surface area contributed by atoms with Crippen molar-refractivity contribution in [3.63, 3.8) is 0 Å². The van der Waals surface area contributed by atoms with Crippen LogP contribution in [-0.4, -0.2) is 43.5 Å². The fourth-order valence-electron chi connectivity index (χ4n) is 2.44. The Kier molecular flexibility index (Phi) is 7.33. The van der Waals surface area contributed by atoms with E-state index < -0.39 is 0 Å². The summed E-state index contributed by atoms with van der Waals surface area (Å²) in [5, 5.41) is 9.71. The van der Waals surface area contributed by atoms with Gasteiger partial charge in [-0.2, -0.15) is 0 Å². The third-order valence-corrected chi connectivity index (χ3v) is 4.44. The highest BCUT2D eigenvalue weighted by atomic mass is 32.1. The fourth-order valence-corrected chi connectivity index (χ4v) is 3.09. The highest BCUT2D eigenvalue weighted by molar-refractivity contribution is 7.09. The van der Waals surface area contributed by atoms with E-state index >= 15 is 0 Å². The molecule has 25 heavy (non-hydrogen) atoms. The van der Waals surface area contributed by atoms with Crippen LogP contribution in [0.1, 0.15) is 21.8 Å². The van der Waals surface area contributed by atoms with Gasteiger partial charge in [0.2, 0.25) is 0 Å². The lowest BCUT2D eigenvalue weighted by atomic mass is 10.1. The number of aliphatic imine (C=N–C) groups is 1. The van der Waals surface area contributed by atoms with Crippen LogP contribution in [0.2, 0.25) is 0 Å². The van der Waals surface area contributed by atoms with Gasteiger partial charge in [-0.25, -0.2) is 9.37 Å². The minimum absolute atomic E-state index is 0.168. The molecule has 7 heteroatoms. The van der Waals surface area contributed by atoms with Crippen LogP contribution >= 0.6 is 11.3 Å². The predicted octanol–water partition coefficient (Wildman–Crippen LogP) is 2.56. The molecule has 0 aliphatic carbocycles. The van der Waals surface area contributed by atoms with Crippen molar-refractivity contribution >= 4 is 17.3 Å². The van der Waals surface area contributed by atoms with E-state index in [2.05, 4.69) is 26.0 Å². The first-order valence-electron chi connectivity index (χ1n) is 8.25. The lowest BCUT2D eigenvalue weighted by Gasteiger charge is -2.14. The Bertz CT molecular complexity index is 711. The second-order valence-electron chi connectivity index (χ2n) is 6.12. The molecule has 2 aromatic rings. The minimum atomic E-state index is -0.168. The third kappa shape index (κ3) is 6.43.